The number of hydrogen-bond acceptors (Lipinski definition) is 6. The van der Waals surface area contributed by atoms with Gasteiger partial charge < -0.3 is 24.3 Å². The fourth-order valence-corrected chi connectivity index (χ4v) is 1.43. The number of hydrogen-bond donors (Lipinski definition) is 1. The zero-order valence-electron chi connectivity index (χ0n) is 12.3. The highest BCUT2D eigenvalue weighted by Gasteiger charge is 1.95. The van der Waals surface area contributed by atoms with Gasteiger partial charge in [-0.05, 0) is 11.6 Å². The van der Waals surface area contributed by atoms with Crippen LogP contribution in [0.25, 0.3) is 0 Å². The first-order chi connectivity index (χ1) is 9.86. The van der Waals surface area contributed by atoms with Crippen LogP contribution < -0.4 is 5.32 Å². The van der Waals surface area contributed by atoms with Crippen molar-refractivity contribution in [1.29, 1.82) is 0 Å². The number of aromatic nitrogens is 1. The first-order valence-corrected chi connectivity index (χ1v) is 6.71. The van der Waals surface area contributed by atoms with E-state index in [9.17, 15) is 0 Å². The maximum Gasteiger partial charge on any atom is 0.125 e. The van der Waals surface area contributed by atoms with Crippen LogP contribution in [0.4, 0.5) is 5.82 Å². The van der Waals surface area contributed by atoms with Crippen LogP contribution in [0.5, 0.6) is 0 Å². The van der Waals surface area contributed by atoms with Crippen LogP contribution in [0.2, 0.25) is 0 Å². The maximum atomic E-state index is 5.49. The molecule has 1 rings (SSSR count). The van der Waals surface area contributed by atoms with Crippen molar-refractivity contribution in [2.24, 2.45) is 0 Å². The Balaban J connectivity index is 1.91. The Morgan fingerprint density at radius 2 is 1.60 bits per heavy atom. The van der Waals surface area contributed by atoms with Gasteiger partial charge >= 0.3 is 0 Å². The lowest BCUT2D eigenvalue weighted by Crippen LogP contribution is -2.11. The molecule has 0 aliphatic carbocycles. The molecular weight excluding hydrogens is 260 g/mol. The minimum absolute atomic E-state index is 0.546. The Morgan fingerprint density at radius 1 is 0.950 bits per heavy atom. The van der Waals surface area contributed by atoms with Gasteiger partial charge in [-0.15, -0.1) is 0 Å². The van der Waals surface area contributed by atoms with Gasteiger partial charge in [0.05, 0.1) is 46.2 Å². The highest BCUT2D eigenvalue weighted by atomic mass is 16.6. The molecule has 6 heteroatoms. The average molecular weight is 284 g/mol. The van der Waals surface area contributed by atoms with Crippen LogP contribution in [-0.4, -0.2) is 58.8 Å². The van der Waals surface area contributed by atoms with E-state index in [1.165, 1.54) is 0 Å². The van der Waals surface area contributed by atoms with Gasteiger partial charge in [-0.2, -0.15) is 0 Å². The smallest absolute Gasteiger partial charge is 0.125 e. The molecule has 1 heterocycles. The van der Waals surface area contributed by atoms with Gasteiger partial charge in [0.25, 0.3) is 0 Å². The van der Waals surface area contributed by atoms with Gasteiger partial charge in [0, 0.05) is 20.4 Å². The molecule has 0 amide bonds. The van der Waals surface area contributed by atoms with Crippen molar-refractivity contribution >= 4 is 5.82 Å². The van der Waals surface area contributed by atoms with E-state index in [1.54, 1.807) is 13.3 Å². The first kappa shape index (κ1) is 16.8. The molecule has 1 aromatic heterocycles. The van der Waals surface area contributed by atoms with E-state index < -0.39 is 0 Å². The van der Waals surface area contributed by atoms with Crippen LogP contribution in [0.1, 0.15) is 5.56 Å². The predicted octanol–water partition coefficient (Wildman–Crippen LogP) is 1.32. The molecule has 0 unspecified atom stereocenters. The van der Waals surface area contributed by atoms with Gasteiger partial charge in [0.1, 0.15) is 5.82 Å². The number of ether oxygens (including phenoxy) is 4. The summed E-state index contributed by atoms with van der Waals surface area (Å²) >= 11 is 0. The number of methoxy groups -OCH3 is 1. The summed E-state index contributed by atoms with van der Waals surface area (Å²) in [5.41, 5.74) is 1.05. The van der Waals surface area contributed by atoms with Crippen LogP contribution in [0.3, 0.4) is 0 Å². The van der Waals surface area contributed by atoms with Gasteiger partial charge in [-0.3, -0.25) is 0 Å². The zero-order valence-corrected chi connectivity index (χ0v) is 12.3. The number of pyridine rings is 1. The fraction of sp³-hybridized carbons (Fsp3) is 0.643. The van der Waals surface area contributed by atoms with E-state index in [4.69, 9.17) is 18.9 Å². The SMILES string of the molecule is CNc1ccc(COCCOCCOCCOC)cn1. The quantitative estimate of drug-likeness (QED) is 0.584. The number of nitrogens with one attached hydrogen (secondary N) is 1. The summed E-state index contributed by atoms with van der Waals surface area (Å²) < 4.78 is 21.0. The lowest BCUT2D eigenvalue weighted by Gasteiger charge is -2.07. The van der Waals surface area contributed by atoms with Crippen molar-refractivity contribution < 1.29 is 18.9 Å². The summed E-state index contributed by atoms with van der Waals surface area (Å²) in [4.78, 5) is 4.21. The summed E-state index contributed by atoms with van der Waals surface area (Å²) in [6, 6.07) is 3.91. The van der Waals surface area contributed by atoms with E-state index in [0.717, 1.165) is 11.4 Å². The van der Waals surface area contributed by atoms with Crippen molar-refractivity contribution in [3.8, 4) is 0 Å². The molecule has 0 aliphatic heterocycles. The molecule has 0 aromatic carbocycles. The van der Waals surface area contributed by atoms with Crippen LogP contribution in [0.15, 0.2) is 18.3 Å². The van der Waals surface area contributed by atoms with Crippen LogP contribution in [-0.2, 0) is 25.6 Å². The van der Waals surface area contributed by atoms with E-state index in [1.807, 2.05) is 19.2 Å². The highest BCUT2D eigenvalue weighted by Crippen LogP contribution is 2.04. The van der Waals surface area contributed by atoms with E-state index in [0.29, 0.717) is 46.2 Å². The summed E-state index contributed by atoms with van der Waals surface area (Å²) in [7, 11) is 3.49. The van der Waals surface area contributed by atoms with Crippen molar-refractivity contribution in [1.82, 2.24) is 4.98 Å². The lowest BCUT2D eigenvalue weighted by molar-refractivity contribution is 0.000841. The Hall–Kier alpha value is -1.21. The molecular formula is C14H24N2O4. The fourth-order valence-electron chi connectivity index (χ4n) is 1.43. The van der Waals surface area contributed by atoms with E-state index in [-0.39, 0.29) is 0 Å². The molecule has 6 nitrogen and oxygen atoms in total. The zero-order chi connectivity index (χ0) is 14.5. The number of rotatable bonds is 12. The molecule has 0 spiro atoms. The second-order valence-corrected chi connectivity index (χ2v) is 4.07. The summed E-state index contributed by atoms with van der Waals surface area (Å²) in [6.45, 7) is 4.05. The topological polar surface area (TPSA) is 61.8 Å². The third-order valence-electron chi connectivity index (χ3n) is 2.53. The number of nitrogens with zero attached hydrogens (tertiary/aromatic N) is 1. The van der Waals surface area contributed by atoms with E-state index >= 15 is 0 Å². The molecule has 0 radical (unpaired) electrons. The molecule has 0 atom stereocenters. The standard InChI is InChI=1S/C14H24N2O4/c1-15-14-4-3-13(11-16-14)12-20-10-9-19-8-7-18-6-5-17-2/h3-4,11H,5-10,12H2,1-2H3,(H,15,16). The maximum absolute atomic E-state index is 5.49. The van der Waals surface area contributed by atoms with Gasteiger partial charge in [0.2, 0.25) is 0 Å². The second kappa shape index (κ2) is 11.6. The van der Waals surface area contributed by atoms with E-state index in [2.05, 4.69) is 10.3 Å². The molecule has 0 bridgehead atoms. The minimum atomic E-state index is 0.546. The van der Waals surface area contributed by atoms with Gasteiger partial charge in [-0.1, -0.05) is 6.07 Å². The largest absolute Gasteiger partial charge is 0.382 e. The Labute approximate surface area is 120 Å². The summed E-state index contributed by atoms with van der Waals surface area (Å²) in [5, 5.41) is 2.97. The van der Waals surface area contributed by atoms with Gasteiger partial charge in [-0.25, -0.2) is 4.98 Å². The van der Waals surface area contributed by atoms with Crippen molar-refractivity contribution in [2.45, 2.75) is 6.61 Å². The average Bonchev–Trinajstić information content (AvgIpc) is 2.50. The second-order valence-electron chi connectivity index (χ2n) is 4.07. The minimum Gasteiger partial charge on any atom is -0.382 e. The van der Waals surface area contributed by atoms with Crippen LogP contribution in [0, 0.1) is 0 Å². The third-order valence-corrected chi connectivity index (χ3v) is 2.53. The molecule has 0 fully saturated rings. The van der Waals surface area contributed by atoms with Crippen molar-refractivity contribution in [3.63, 3.8) is 0 Å². The molecule has 114 valence electrons. The van der Waals surface area contributed by atoms with Crippen LogP contribution >= 0.6 is 0 Å². The summed E-state index contributed by atoms with van der Waals surface area (Å²) in [6.07, 6.45) is 1.80. The molecule has 1 aromatic rings. The third kappa shape index (κ3) is 8.06. The lowest BCUT2D eigenvalue weighted by atomic mass is 10.3. The van der Waals surface area contributed by atoms with Crippen molar-refractivity contribution in [2.75, 3.05) is 59.1 Å². The molecule has 20 heavy (non-hydrogen) atoms. The molecule has 1 N–H and O–H groups in total. The monoisotopic (exact) mass is 284 g/mol. The molecule has 0 aliphatic rings. The Bertz CT molecular complexity index is 332. The molecule has 0 saturated carbocycles. The Morgan fingerprint density at radius 3 is 2.15 bits per heavy atom. The van der Waals surface area contributed by atoms with Crippen molar-refractivity contribution in [3.05, 3.63) is 23.9 Å². The first-order valence-electron chi connectivity index (χ1n) is 6.71. The molecule has 0 saturated heterocycles. The normalized spacial score (nSPS) is 10.7. The Kier molecular flexibility index (Phi) is 9.77. The van der Waals surface area contributed by atoms with Gasteiger partial charge in [0.15, 0.2) is 0 Å². The predicted molar refractivity (Wildman–Crippen MR) is 77.0 cm³/mol. The summed E-state index contributed by atoms with van der Waals surface area (Å²) in [5.74, 6) is 0.852. The number of anilines is 1. The highest BCUT2D eigenvalue weighted by molar-refractivity contribution is 5.34.